The minimum Gasteiger partial charge on any atom is -0.490 e. The molecule has 1 atom stereocenters. The van der Waals surface area contributed by atoms with Crippen LogP contribution in [0.4, 0.5) is 30.7 Å². The number of rotatable bonds is 10. The van der Waals surface area contributed by atoms with Gasteiger partial charge in [-0.05, 0) is 67.0 Å². The van der Waals surface area contributed by atoms with Gasteiger partial charge in [-0.25, -0.2) is 19.1 Å². The number of halogens is 8. The Labute approximate surface area is 273 Å². The molecule has 1 aromatic heterocycles. The Hall–Kier alpha value is -4.07. The second-order valence-corrected chi connectivity index (χ2v) is 11.2. The van der Waals surface area contributed by atoms with Gasteiger partial charge in [0.2, 0.25) is 0 Å². The maximum atomic E-state index is 13.8. The molecule has 0 unspecified atom stereocenters. The van der Waals surface area contributed by atoms with E-state index in [1.165, 1.54) is 17.7 Å². The first kappa shape index (κ1) is 40.1. The number of aliphatic carboxylic acids is 2. The van der Waals surface area contributed by atoms with Crippen molar-refractivity contribution in [3.8, 4) is 5.75 Å². The number of carbonyl (C=O) groups is 2. The molecule has 3 aromatic rings. The normalized spacial score (nSPS) is 15.3. The third-order valence-corrected chi connectivity index (χ3v) is 6.73. The Morgan fingerprint density at radius 2 is 1.58 bits per heavy atom. The highest BCUT2D eigenvalue weighted by Gasteiger charge is 2.39. The highest BCUT2D eigenvalue weighted by Crippen LogP contribution is 2.24. The molecule has 0 bridgehead atoms. The largest absolute Gasteiger partial charge is 0.490 e. The number of aromatic nitrogens is 4. The molecule has 0 saturated carbocycles. The smallest absolute Gasteiger partial charge is 0.490 e. The second-order valence-electron chi connectivity index (χ2n) is 10.7. The number of hydrogen-bond acceptors (Lipinski definition) is 9. The van der Waals surface area contributed by atoms with Crippen LogP contribution in [0.15, 0.2) is 42.5 Å². The molecule has 48 heavy (non-hydrogen) atoms. The van der Waals surface area contributed by atoms with Crippen LogP contribution in [-0.4, -0.2) is 103 Å². The van der Waals surface area contributed by atoms with Crippen LogP contribution < -0.4 is 10.1 Å². The number of ether oxygens (including phenoxy) is 1. The number of aromatic amines is 1. The molecule has 1 fully saturated rings. The Morgan fingerprint density at radius 1 is 1.02 bits per heavy atom. The Bertz CT molecular complexity index is 1410. The lowest BCUT2D eigenvalue weighted by atomic mass is 10.0. The highest BCUT2D eigenvalue weighted by molar-refractivity contribution is 6.30. The lowest BCUT2D eigenvalue weighted by Crippen LogP contribution is -2.49. The van der Waals surface area contributed by atoms with E-state index in [4.69, 9.17) is 36.1 Å². The van der Waals surface area contributed by atoms with Crippen molar-refractivity contribution in [2.24, 2.45) is 0 Å². The number of piperidine rings is 1. The third kappa shape index (κ3) is 15.2. The minimum atomic E-state index is -5.08. The van der Waals surface area contributed by atoms with E-state index in [1.807, 2.05) is 12.1 Å². The first-order valence-corrected chi connectivity index (χ1v) is 14.3. The van der Waals surface area contributed by atoms with Gasteiger partial charge >= 0.3 is 24.3 Å². The summed E-state index contributed by atoms with van der Waals surface area (Å²) in [7, 11) is 0. The predicted octanol–water partition coefficient (Wildman–Crippen LogP) is 4.23. The quantitative estimate of drug-likeness (QED) is 0.190. The van der Waals surface area contributed by atoms with Crippen molar-refractivity contribution >= 4 is 23.5 Å². The third-order valence-electron chi connectivity index (χ3n) is 6.48. The maximum Gasteiger partial charge on any atom is 0.490 e. The molecule has 4 rings (SSSR count). The fraction of sp³-hybridized carbons (Fsp3) is 0.464. The summed E-state index contributed by atoms with van der Waals surface area (Å²) < 4.78 is 83.1. The lowest BCUT2D eigenvalue weighted by molar-refractivity contribution is -0.193. The zero-order chi connectivity index (χ0) is 36.1. The number of tetrazole rings is 1. The number of nitrogens with one attached hydrogen (secondary N) is 2. The van der Waals surface area contributed by atoms with Crippen LogP contribution in [0.25, 0.3) is 0 Å². The molecule has 0 spiro atoms. The average Bonchev–Trinajstić information content (AvgIpc) is 3.51. The summed E-state index contributed by atoms with van der Waals surface area (Å²) in [6, 6.07) is 12.6. The van der Waals surface area contributed by atoms with E-state index in [-0.39, 0.29) is 6.61 Å². The fourth-order valence-electron chi connectivity index (χ4n) is 4.03. The van der Waals surface area contributed by atoms with Gasteiger partial charge in [-0.2, -0.15) is 26.3 Å². The summed E-state index contributed by atoms with van der Waals surface area (Å²) in [4.78, 5) is 20.2. The first-order valence-electron chi connectivity index (χ1n) is 13.9. The SMILES string of the molecule is C[C@](O)(CNC1CCN(Cc2ccc(Cl)cc2)CC1)COc1cc(F)ccc1Cc1nnn[nH]1.O=C(O)C(F)(F)F.O=C(O)C(F)(F)F. The molecule has 12 nitrogen and oxygen atoms in total. The number of benzene rings is 2. The number of aliphatic hydroxyl groups is 1. The monoisotopic (exact) mass is 716 g/mol. The average molecular weight is 717 g/mol. The Morgan fingerprint density at radius 3 is 2.08 bits per heavy atom. The Kier molecular flexibility index (Phi) is 15.0. The van der Waals surface area contributed by atoms with E-state index in [2.05, 4.69) is 43.0 Å². The van der Waals surface area contributed by atoms with Crippen molar-refractivity contribution in [2.75, 3.05) is 26.2 Å². The van der Waals surface area contributed by atoms with Gasteiger partial charge in [0.05, 0.1) is 0 Å². The van der Waals surface area contributed by atoms with E-state index in [1.54, 1.807) is 13.0 Å². The van der Waals surface area contributed by atoms with Crippen LogP contribution in [0.2, 0.25) is 5.02 Å². The number of carboxylic acid groups (broad SMARTS) is 2. The number of alkyl halides is 6. The van der Waals surface area contributed by atoms with Crippen molar-refractivity contribution in [3.05, 3.63) is 70.3 Å². The minimum absolute atomic E-state index is 0.0283. The van der Waals surface area contributed by atoms with Crippen LogP contribution >= 0.6 is 11.6 Å². The van der Waals surface area contributed by atoms with Crippen LogP contribution in [-0.2, 0) is 22.6 Å². The summed E-state index contributed by atoms with van der Waals surface area (Å²) in [5.74, 6) is -5.00. The predicted molar refractivity (Wildman–Crippen MR) is 155 cm³/mol. The van der Waals surface area contributed by atoms with Gasteiger partial charge in [-0.15, -0.1) is 5.10 Å². The number of hydrogen-bond donors (Lipinski definition) is 5. The molecule has 20 heteroatoms. The maximum absolute atomic E-state index is 13.8. The summed E-state index contributed by atoms with van der Waals surface area (Å²) in [6.45, 7) is 5.01. The zero-order valence-corrected chi connectivity index (χ0v) is 25.9. The van der Waals surface area contributed by atoms with Gasteiger partial charge in [0, 0.05) is 42.2 Å². The molecule has 0 radical (unpaired) electrons. The summed E-state index contributed by atoms with van der Waals surface area (Å²) >= 11 is 5.97. The molecule has 266 valence electrons. The number of nitrogens with zero attached hydrogens (tertiary/aromatic N) is 4. The van der Waals surface area contributed by atoms with Crippen molar-refractivity contribution in [1.82, 2.24) is 30.8 Å². The van der Waals surface area contributed by atoms with Crippen LogP contribution in [0.3, 0.4) is 0 Å². The van der Waals surface area contributed by atoms with Gasteiger partial charge in [0.1, 0.15) is 23.8 Å². The standard InChI is InChI=1S/C24H30ClFN6O2.2C2HF3O2/c1-24(33,16-34-22-13-20(26)7-4-18(22)12-23-28-30-31-29-23)15-27-21-8-10-32(11-9-21)14-17-2-5-19(25)6-3-17;2*3-2(4,5)1(6)7/h2-7,13,21,27,33H,8-12,14-16H2,1H3,(H,28,29,30,31);2*(H,6,7)/t24-;;/m0../s1. The summed E-state index contributed by atoms with van der Waals surface area (Å²) in [5, 5.41) is 43.0. The van der Waals surface area contributed by atoms with Crippen LogP contribution in [0.5, 0.6) is 5.75 Å². The highest BCUT2D eigenvalue weighted by atomic mass is 35.5. The molecular formula is C28H32ClF7N6O6. The molecule has 5 N–H and O–H groups in total. The van der Waals surface area contributed by atoms with Crippen molar-refractivity contribution in [2.45, 2.75) is 56.7 Å². The van der Waals surface area contributed by atoms with E-state index in [9.17, 15) is 35.8 Å². The fourth-order valence-corrected chi connectivity index (χ4v) is 4.16. The summed E-state index contributed by atoms with van der Waals surface area (Å²) in [5.41, 5.74) is 0.876. The van der Waals surface area contributed by atoms with Gasteiger partial charge < -0.3 is 25.4 Å². The van der Waals surface area contributed by atoms with E-state index >= 15 is 0 Å². The van der Waals surface area contributed by atoms with Gasteiger partial charge in [0.15, 0.2) is 5.82 Å². The molecular weight excluding hydrogens is 685 g/mol. The summed E-state index contributed by atoms with van der Waals surface area (Å²) in [6.07, 6.45) is -7.79. The number of carboxylic acids is 2. The second kappa shape index (κ2) is 17.9. The van der Waals surface area contributed by atoms with Crippen LogP contribution in [0, 0.1) is 5.82 Å². The molecule has 2 heterocycles. The van der Waals surface area contributed by atoms with E-state index < -0.39 is 35.7 Å². The van der Waals surface area contributed by atoms with Gasteiger partial charge in [0.25, 0.3) is 0 Å². The molecule has 0 amide bonds. The topological polar surface area (TPSA) is 174 Å². The van der Waals surface area contributed by atoms with E-state index in [0.717, 1.165) is 43.1 Å². The molecule has 1 aliphatic heterocycles. The number of H-pyrrole nitrogens is 1. The lowest BCUT2D eigenvalue weighted by Gasteiger charge is -2.34. The first-order chi connectivity index (χ1) is 22.2. The molecule has 1 aliphatic rings. The Balaban J connectivity index is 0.000000479. The van der Waals surface area contributed by atoms with Crippen molar-refractivity contribution < 1.29 is 60.4 Å². The van der Waals surface area contributed by atoms with Crippen LogP contribution in [0.1, 0.15) is 36.7 Å². The van der Waals surface area contributed by atoms with E-state index in [0.29, 0.717) is 30.6 Å². The van der Waals surface area contributed by atoms with Gasteiger partial charge in [-0.3, -0.25) is 4.90 Å². The van der Waals surface area contributed by atoms with Gasteiger partial charge in [-0.1, -0.05) is 29.8 Å². The molecule has 2 aromatic carbocycles. The molecule has 1 saturated heterocycles. The van der Waals surface area contributed by atoms with Crippen molar-refractivity contribution in [1.29, 1.82) is 0 Å². The van der Waals surface area contributed by atoms with Crippen molar-refractivity contribution in [3.63, 3.8) is 0 Å². The molecule has 0 aliphatic carbocycles. The zero-order valence-electron chi connectivity index (χ0n) is 25.2. The number of likely N-dealkylation sites (tertiary alicyclic amines) is 1.